The molecule has 0 aliphatic carbocycles. The number of allylic oxidation sites excluding steroid dienone is 6. The molecule has 0 saturated heterocycles. The molecule has 0 bridgehead atoms. The molecule has 0 fully saturated rings. The molecule has 0 aliphatic heterocycles. The van der Waals surface area contributed by atoms with Crippen molar-refractivity contribution in [2.24, 2.45) is 0 Å². The molecule has 0 amide bonds. The van der Waals surface area contributed by atoms with Crippen LogP contribution in [0, 0.1) is 0 Å². The van der Waals surface area contributed by atoms with Crippen molar-refractivity contribution in [1.29, 1.82) is 0 Å². The largest absolute Gasteiger partial charge is 0.295 e. The minimum atomic E-state index is 0.0983. The van der Waals surface area contributed by atoms with E-state index in [1.54, 1.807) is 6.92 Å². The Morgan fingerprint density at radius 3 is 2.18 bits per heavy atom. The van der Waals surface area contributed by atoms with Crippen LogP contribution in [0.3, 0.4) is 0 Å². The summed E-state index contributed by atoms with van der Waals surface area (Å²) in [5.41, 5.74) is 0.741. The summed E-state index contributed by atoms with van der Waals surface area (Å²) in [4.78, 5) is 10.9. The number of rotatable bonds is 3. The zero-order valence-electron chi connectivity index (χ0n) is 7.29. The Labute approximate surface area is 68.1 Å². The third-order valence-electron chi connectivity index (χ3n) is 1.22. The molecule has 0 aromatic carbocycles. The number of Topliss-reactive ketones (excluding diaryl/α,β-unsaturated/α-hetero) is 1. The lowest BCUT2D eigenvalue weighted by Crippen LogP contribution is -1.91. The smallest absolute Gasteiger partial charge is 0.159 e. The van der Waals surface area contributed by atoms with Gasteiger partial charge in [-0.15, -0.1) is 0 Å². The second-order valence-electron chi connectivity index (χ2n) is 2.20. The summed E-state index contributed by atoms with van der Waals surface area (Å²) < 4.78 is 0. The molecule has 0 rings (SSSR count). The Morgan fingerprint density at radius 2 is 1.82 bits per heavy atom. The molecule has 0 aromatic rings. The molecule has 1 nitrogen and oxygen atoms in total. The maximum atomic E-state index is 10.9. The van der Waals surface area contributed by atoms with Gasteiger partial charge in [-0.2, -0.15) is 0 Å². The van der Waals surface area contributed by atoms with Crippen LogP contribution in [0.2, 0.25) is 0 Å². The van der Waals surface area contributed by atoms with Gasteiger partial charge < -0.3 is 0 Å². The number of carbonyl (C=O) groups is 1. The van der Waals surface area contributed by atoms with Gasteiger partial charge in [0.25, 0.3) is 0 Å². The van der Waals surface area contributed by atoms with E-state index in [0.29, 0.717) is 0 Å². The third kappa shape index (κ3) is 4.31. The lowest BCUT2D eigenvalue weighted by Gasteiger charge is -1.91. The predicted molar refractivity (Wildman–Crippen MR) is 48.4 cm³/mol. The predicted octanol–water partition coefficient (Wildman–Crippen LogP) is 2.65. The fraction of sp³-hybridized carbons (Fsp3) is 0.300. The quantitative estimate of drug-likeness (QED) is 0.446. The molecule has 0 aromatic heterocycles. The van der Waals surface area contributed by atoms with Gasteiger partial charge in [-0.05, 0) is 20.8 Å². The van der Waals surface area contributed by atoms with Crippen molar-refractivity contribution in [3.05, 3.63) is 36.0 Å². The minimum absolute atomic E-state index is 0.0983. The Kier molecular flexibility index (Phi) is 5.09. The van der Waals surface area contributed by atoms with Crippen LogP contribution in [0.15, 0.2) is 36.0 Å². The zero-order chi connectivity index (χ0) is 8.69. The van der Waals surface area contributed by atoms with E-state index >= 15 is 0 Å². The Bertz CT molecular complexity index is 207. The highest BCUT2D eigenvalue weighted by atomic mass is 16.1. The van der Waals surface area contributed by atoms with Crippen molar-refractivity contribution < 1.29 is 4.79 Å². The van der Waals surface area contributed by atoms with Crippen LogP contribution in [-0.2, 0) is 4.79 Å². The van der Waals surface area contributed by atoms with Gasteiger partial charge in [0.05, 0.1) is 0 Å². The number of hydrogen-bond acceptors (Lipinski definition) is 1. The lowest BCUT2D eigenvalue weighted by atomic mass is 10.1. The fourth-order valence-electron chi connectivity index (χ4n) is 0.670. The van der Waals surface area contributed by atoms with Crippen molar-refractivity contribution in [3.8, 4) is 0 Å². The zero-order valence-corrected chi connectivity index (χ0v) is 7.29. The van der Waals surface area contributed by atoms with E-state index in [4.69, 9.17) is 0 Å². The van der Waals surface area contributed by atoms with Gasteiger partial charge >= 0.3 is 0 Å². The number of hydrogen-bond donors (Lipinski definition) is 0. The minimum Gasteiger partial charge on any atom is -0.295 e. The first kappa shape index (κ1) is 9.89. The first-order valence-corrected chi connectivity index (χ1v) is 3.69. The second kappa shape index (κ2) is 5.66. The molecule has 0 unspecified atom stereocenters. The van der Waals surface area contributed by atoms with Crippen LogP contribution in [0.4, 0.5) is 0 Å². The van der Waals surface area contributed by atoms with E-state index in [9.17, 15) is 4.79 Å². The third-order valence-corrected chi connectivity index (χ3v) is 1.22. The summed E-state index contributed by atoms with van der Waals surface area (Å²) >= 11 is 0. The lowest BCUT2D eigenvalue weighted by molar-refractivity contribution is -0.113. The highest BCUT2D eigenvalue weighted by Gasteiger charge is 1.94. The summed E-state index contributed by atoms with van der Waals surface area (Å²) in [5.74, 6) is 0.0983. The van der Waals surface area contributed by atoms with Crippen molar-refractivity contribution in [2.75, 3.05) is 0 Å². The molecule has 1 heteroatoms. The fourth-order valence-corrected chi connectivity index (χ4v) is 0.670. The highest BCUT2D eigenvalue weighted by Crippen LogP contribution is 1.98. The van der Waals surface area contributed by atoms with Crippen LogP contribution >= 0.6 is 0 Å². The van der Waals surface area contributed by atoms with Crippen LogP contribution in [-0.4, -0.2) is 5.78 Å². The topological polar surface area (TPSA) is 17.1 Å². The molecule has 0 saturated carbocycles. The van der Waals surface area contributed by atoms with Crippen LogP contribution in [0.5, 0.6) is 0 Å². The van der Waals surface area contributed by atoms with Gasteiger partial charge in [-0.25, -0.2) is 0 Å². The van der Waals surface area contributed by atoms with Crippen LogP contribution in [0.1, 0.15) is 20.8 Å². The monoisotopic (exact) mass is 150 g/mol. The standard InChI is InChI=1S/C10H14O/c1-4-6-8-10(7-5-2)9(3)11/h4-8H,1-3H3/b6-4-,7-5+,10-8+. The molecule has 11 heavy (non-hydrogen) atoms. The summed E-state index contributed by atoms with van der Waals surface area (Å²) in [6.07, 6.45) is 9.23. The van der Waals surface area contributed by atoms with Gasteiger partial charge in [0.1, 0.15) is 0 Å². The Morgan fingerprint density at radius 1 is 1.18 bits per heavy atom. The Hall–Kier alpha value is -1.11. The summed E-state index contributed by atoms with van der Waals surface area (Å²) in [6, 6.07) is 0. The molecule has 0 heterocycles. The van der Waals surface area contributed by atoms with E-state index in [-0.39, 0.29) is 5.78 Å². The summed E-state index contributed by atoms with van der Waals surface area (Å²) in [5, 5.41) is 0. The maximum absolute atomic E-state index is 10.9. The highest BCUT2D eigenvalue weighted by molar-refractivity contribution is 5.96. The van der Waals surface area contributed by atoms with E-state index in [2.05, 4.69) is 0 Å². The van der Waals surface area contributed by atoms with Gasteiger partial charge in [-0.3, -0.25) is 4.79 Å². The average Bonchev–Trinajstić information content (AvgIpc) is 1.97. The second-order valence-corrected chi connectivity index (χ2v) is 2.20. The van der Waals surface area contributed by atoms with E-state index < -0.39 is 0 Å². The van der Waals surface area contributed by atoms with Gasteiger partial charge in [0.15, 0.2) is 5.78 Å². The Balaban J connectivity index is 4.45. The van der Waals surface area contributed by atoms with Gasteiger partial charge in [-0.1, -0.05) is 30.4 Å². The first-order valence-electron chi connectivity index (χ1n) is 3.69. The molecule has 0 N–H and O–H groups in total. The maximum Gasteiger partial charge on any atom is 0.159 e. The van der Waals surface area contributed by atoms with Crippen molar-refractivity contribution >= 4 is 5.78 Å². The van der Waals surface area contributed by atoms with Gasteiger partial charge in [0, 0.05) is 5.57 Å². The molecule has 0 spiro atoms. The SMILES string of the molecule is C\C=C/C=C(\C=C\C)C(C)=O. The van der Waals surface area contributed by atoms with E-state index in [1.807, 2.05) is 44.2 Å². The number of ketones is 1. The summed E-state index contributed by atoms with van der Waals surface area (Å²) in [7, 11) is 0. The molecule has 0 atom stereocenters. The van der Waals surface area contributed by atoms with E-state index in [0.717, 1.165) is 5.57 Å². The molecular weight excluding hydrogens is 136 g/mol. The van der Waals surface area contributed by atoms with Crippen molar-refractivity contribution in [2.45, 2.75) is 20.8 Å². The van der Waals surface area contributed by atoms with Crippen LogP contribution in [0.25, 0.3) is 0 Å². The molecule has 0 aliphatic rings. The summed E-state index contributed by atoms with van der Waals surface area (Å²) in [6.45, 7) is 5.38. The van der Waals surface area contributed by atoms with Crippen molar-refractivity contribution in [1.82, 2.24) is 0 Å². The first-order chi connectivity index (χ1) is 5.22. The molecule has 0 radical (unpaired) electrons. The number of carbonyl (C=O) groups excluding carboxylic acids is 1. The normalized spacial score (nSPS) is 13.2. The molecular formula is C10H14O. The average molecular weight is 150 g/mol. The van der Waals surface area contributed by atoms with Gasteiger partial charge in [0.2, 0.25) is 0 Å². The van der Waals surface area contributed by atoms with Crippen LogP contribution < -0.4 is 0 Å². The van der Waals surface area contributed by atoms with Crippen molar-refractivity contribution in [3.63, 3.8) is 0 Å². The molecule has 60 valence electrons. The van der Waals surface area contributed by atoms with E-state index in [1.165, 1.54) is 0 Å².